The van der Waals surface area contributed by atoms with E-state index in [9.17, 15) is 9.36 Å². The van der Waals surface area contributed by atoms with E-state index in [0.29, 0.717) is 18.1 Å². The van der Waals surface area contributed by atoms with Crippen LogP contribution in [0.4, 0.5) is 0 Å². The number of hydrogen-bond acceptors (Lipinski definition) is 3. The molecule has 0 spiro atoms. The van der Waals surface area contributed by atoms with Crippen molar-refractivity contribution in [2.24, 2.45) is 5.92 Å². The second-order valence-corrected chi connectivity index (χ2v) is 9.92. The summed E-state index contributed by atoms with van der Waals surface area (Å²) in [5, 5.41) is 0. The molecule has 2 rings (SSSR count). The lowest BCUT2D eigenvalue weighted by Gasteiger charge is -2.48. The Labute approximate surface area is 153 Å². The van der Waals surface area contributed by atoms with Gasteiger partial charge in [-0.25, -0.2) is 4.67 Å². The Hall–Kier alpha value is -0.440. The van der Waals surface area contributed by atoms with Gasteiger partial charge in [0.25, 0.3) is 7.52 Å². The number of allylic oxidation sites excluding steroid dienone is 1. The summed E-state index contributed by atoms with van der Waals surface area (Å²) < 4.78 is 22.0. The lowest BCUT2D eigenvalue weighted by molar-refractivity contribution is -0.121. The molecule has 0 bridgehead atoms. The summed E-state index contributed by atoms with van der Waals surface area (Å²) >= 11 is 0. The van der Waals surface area contributed by atoms with Gasteiger partial charge < -0.3 is 4.52 Å². The SMILES string of the molecule is CCC(CC)(CC)N1CC[C@H](C)O[P@@]1(=O)/C=C/CC1CCCC(=O)C1. The molecule has 0 N–H and O–H groups in total. The summed E-state index contributed by atoms with van der Waals surface area (Å²) in [6, 6.07) is 0. The van der Waals surface area contributed by atoms with Crippen LogP contribution in [0.15, 0.2) is 11.9 Å². The third-order valence-corrected chi connectivity index (χ3v) is 8.83. The van der Waals surface area contributed by atoms with Crippen molar-refractivity contribution in [3.8, 4) is 0 Å². The zero-order chi connectivity index (χ0) is 18.5. The Morgan fingerprint density at radius 3 is 2.52 bits per heavy atom. The van der Waals surface area contributed by atoms with Crippen LogP contribution >= 0.6 is 7.52 Å². The lowest BCUT2D eigenvalue weighted by Crippen LogP contribution is -2.48. The average Bonchev–Trinajstić information content (AvgIpc) is 2.58. The molecule has 144 valence electrons. The van der Waals surface area contributed by atoms with Crippen molar-refractivity contribution in [1.29, 1.82) is 0 Å². The van der Waals surface area contributed by atoms with Crippen molar-refractivity contribution in [3.05, 3.63) is 11.9 Å². The summed E-state index contributed by atoms with van der Waals surface area (Å²) in [6.45, 7) is 9.41. The fourth-order valence-corrected chi connectivity index (χ4v) is 7.22. The molecule has 1 unspecified atom stereocenters. The molecule has 0 aromatic heterocycles. The van der Waals surface area contributed by atoms with Gasteiger partial charge in [-0.05, 0) is 57.8 Å². The Balaban J connectivity index is 2.15. The maximum Gasteiger partial charge on any atom is 0.295 e. The van der Waals surface area contributed by atoms with Gasteiger partial charge >= 0.3 is 0 Å². The van der Waals surface area contributed by atoms with Crippen LogP contribution in [0.5, 0.6) is 0 Å². The molecular formula is C20H36NO3P. The highest BCUT2D eigenvalue weighted by Crippen LogP contribution is 2.61. The van der Waals surface area contributed by atoms with Crippen LogP contribution < -0.4 is 0 Å². The summed E-state index contributed by atoms with van der Waals surface area (Å²) in [4.78, 5) is 11.6. The maximum absolute atomic E-state index is 13.8. The van der Waals surface area contributed by atoms with E-state index in [0.717, 1.165) is 57.9 Å². The average molecular weight is 369 g/mol. The molecule has 3 atom stereocenters. The van der Waals surface area contributed by atoms with Gasteiger partial charge in [0.1, 0.15) is 5.78 Å². The normalized spacial score (nSPS) is 32.4. The number of rotatable bonds is 7. The third kappa shape index (κ3) is 4.84. The Morgan fingerprint density at radius 1 is 1.24 bits per heavy atom. The fraction of sp³-hybridized carbons (Fsp3) is 0.850. The largest absolute Gasteiger partial charge is 0.311 e. The van der Waals surface area contributed by atoms with Crippen molar-refractivity contribution in [2.45, 2.75) is 97.1 Å². The number of carbonyl (C=O) groups excluding carboxylic acids is 1. The molecule has 2 aliphatic rings. The Kier molecular flexibility index (Phi) is 7.49. The highest BCUT2D eigenvalue weighted by Gasteiger charge is 2.45. The topological polar surface area (TPSA) is 46.6 Å². The van der Waals surface area contributed by atoms with Crippen LogP contribution in [0.25, 0.3) is 0 Å². The van der Waals surface area contributed by atoms with E-state index < -0.39 is 7.52 Å². The number of Topliss-reactive ketones (excluding diaryl/α,β-unsaturated/α-hetero) is 1. The van der Waals surface area contributed by atoms with Crippen LogP contribution in [-0.4, -0.2) is 28.6 Å². The molecule has 5 heteroatoms. The summed E-state index contributed by atoms with van der Waals surface area (Å²) in [6.07, 6.45) is 10.3. The molecule has 25 heavy (non-hydrogen) atoms. The van der Waals surface area contributed by atoms with Gasteiger partial charge in [0.15, 0.2) is 0 Å². The second-order valence-electron chi connectivity index (χ2n) is 7.80. The zero-order valence-corrected chi connectivity index (χ0v) is 17.4. The van der Waals surface area contributed by atoms with Gasteiger partial charge in [-0.15, -0.1) is 0 Å². The smallest absolute Gasteiger partial charge is 0.295 e. The number of ketones is 1. The van der Waals surface area contributed by atoms with Crippen LogP contribution in [0.2, 0.25) is 0 Å². The molecule has 0 amide bonds. The molecule has 1 aliphatic carbocycles. The van der Waals surface area contributed by atoms with Crippen molar-refractivity contribution in [3.63, 3.8) is 0 Å². The molecule has 4 nitrogen and oxygen atoms in total. The van der Waals surface area contributed by atoms with Gasteiger partial charge in [0, 0.05) is 30.7 Å². The second kappa shape index (κ2) is 8.97. The van der Waals surface area contributed by atoms with E-state index in [2.05, 4.69) is 25.4 Å². The zero-order valence-electron chi connectivity index (χ0n) is 16.5. The minimum Gasteiger partial charge on any atom is -0.311 e. The molecule has 1 saturated carbocycles. The molecule has 0 aromatic carbocycles. The monoisotopic (exact) mass is 369 g/mol. The molecule has 2 fully saturated rings. The predicted molar refractivity (Wildman–Crippen MR) is 104 cm³/mol. The van der Waals surface area contributed by atoms with E-state index in [4.69, 9.17) is 4.52 Å². The number of carbonyl (C=O) groups is 1. The minimum absolute atomic E-state index is 0.0336. The van der Waals surface area contributed by atoms with Crippen LogP contribution in [0, 0.1) is 5.92 Å². The predicted octanol–water partition coefficient (Wildman–Crippen LogP) is 5.92. The first kappa shape index (κ1) is 20.9. The molecule has 1 saturated heterocycles. The van der Waals surface area contributed by atoms with E-state index in [1.165, 1.54) is 0 Å². The van der Waals surface area contributed by atoms with Gasteiger partial charge in [-0.2, -0.15) is 0 Å². The van der Waals surface area contributed by atoms with E-state index in [1.54, 1.807) is 0 Å². The molecule has 0 radical (unpaired) electrons. The van der Waals surface area contributed by atoms with Gasteiger partial charge in [0.05, 0.1) is 6.10 Å². The molecule has 1 aliphatic heterocycles. The van der Waals surface area contributed by atoms with Gasteiger partial charge in [0.2, 0.25) is 0 Å². The molecular weight excluding hydrogens is 333 g/mol. The van der Waals surface area contributed by atoms with E-state index >= 15 is 0 Å². The van der Waals surface area contributed by atoms with Crippen molar-refractivity contribution >= 4 is 13.3 Å². The van der Waals surface area contributed by atoms with Crippen LogP contribution in [0.3, 0.4) is 0 Å². The summed E-state index contributed by atoms with van der Waals surface area (Å²) in [7, 11) is -2.97. The van der Waals surface area contributed by atoms with Crippen LogP contribution in [-0.2, 0) is 13.9 Å². The summed E-state index contributed by atoms with van der Waals surface area (Å²) in [5.41, 5.74) is -0.0547. The quantitative estimate of drug-likeness (QED) is 0.522. The number of hydrogen-bond donors (Lipinski definition) is 0. The summed E-state index contributed by atoms with van der Waals surface area (Å²) in [5.74, 6) is 2.63. The van der Waals surface area contributed by atoms with Crippen LogP contribution in [0.1, 0.15) is 85.5 Å². The van der Waals surface area contributed by atoms with E-state index in [1.807, 2.05) is 18.8 Å². The standard InChI is InChI=1S/C20H36NO3P/c1-5-20(6-2,7-3)21-14-13-17(4)24-25(21,23)15-9-11-18-10-8-12-19(22)16-18/h9,15,17-18H,5-8,10-14,16H2,1-4H3/b15-9+/t17-,18?,25-/m0/s1. The van der Waals surface area contributed by atoms with Crippen molar-refractivity contribution in [2.75, 3.05) is 6.54 Å². The van der Waals surface area contributed by atoms with Crippen molar-refractivity contribution in [1.82, 2.24) is 4.67 Å². The molecule has 1 heterocycles. The Bertz CT molecular complexity index is 519. The first-order valence-electron chi connectivity index (χ1n) is 10.1. The Morgan fingerprint density at radius 2 is 1.92 bits per heavy atom. The first-order chi connectivity index (χ1) is 11.9. The minimum atomic E-state index is -2.97. The highest BCUT2D eigenvalue weighted by molar-refractivity contribution is 7.59. The van der Waals surface area contributed by atoms with Gasteiger partial charge in [-0.3, -0.25) is 9.36 Å². The number of nitrogens with zero attached hydrogens (tertiary/aromatic N) is 1. The van der Waals surface area contributed by atoms with Gasteiger partial charge in [-0.1, -0.05) is 26.8 Å². The fourth-order valence-electron chi connectivity index (χ4n) is 4.46. The maximum atomic E-state index is 13.8. The molecule has 0 aromatic rings. The highest BCUT2D eigenvalue weighted by atomic mass is 31.2. The van der Waals surface area contributed by atoms with E-state index in [-0.39, 0.29) is 11.6 Å². The lowest BCUT2D eigenvalue weighted by atomic mass is 9.86. The third-order valence-electron chi connectivity index (χ3n) is 6.28. The first-order valence-corrected chi connectivity index (χ1v) is 11.8. The van der Waals surface area contributed by atoms with Crippen molar-refractivity contribution < 1.29 is 13.9 Å².